The van der Waals surface area contributed by atoms with E-state index in [1.165, 1.54) is 4.90 Å². The Morgan fingerprint density at radius 2 is 2.00 bits per heavy atom. The molecule has 1 fully saturated rings. The lowest BCUT2D eigenvalue weighted by Crippen LogP contribution is -2.40. The highest BCUT2D eigenvalue weighted by molar-refractivity contribution is 4.91. The zero-order chi connectivity index (χ0) is 11.9. The Kier molecular flexibility index (Phi) is 3.33. The maximum atomic E-state index is 12.1. The number of alkyl halides is 3. The third-order valence-corrected chi connectivity index (χ3v) is 2.77. The Balaban J connectivity index is 2.50. The smallest absolute Gasteiger partial charge is 0.391 e. The lowest BCUT2D eigenvalue weighted by Gasteiger charge is -2.23. The van der Waals surface area contributed by atoms with Gasteiger partial charge in [0.2, 0.25) is 0 Å². The predicted octanol–water partition coefficient (Wildman–Crippen LogP) is 0.612. The molecular weight excluding hydrogens is 211 g/mol. The molecule has 1 rings (SSSR count). The molecule has 2 N–H and O–H groups in total. The third kappa shape index (κ3) is 3.06. The molecule has 15 heavy (non-hydrogen) atoms. The van der Waals surface area contributed by atoms with Gasteiger partial charge in [-0.1, -0.05) is 13.8 Å². The summed E-state index contributed by atoms with van der Waals surface area (Å²) in [6.07, 6.45) is -7.56. The van der Waals surface area contributed by atoms with Crippen molar-refractivity contribution < 1.29 is 23.4 Å². The normalized spacial score (nSPS) is 29.4. The molecule has 2 atom stereocenters. The summed E-state index contributed by atoms with van der Waals surface area (Å²) in [7, 11) is 0. The Bertz CT molecular complexity index is 230. The van der Waals surface area contributed by atoms with Gasteiger partial charge in [0.15, 0.2) is 6.10 Å². The fraction of sp³-hybridized carbons (Fsp3) is 1.00. The topological polar surface area (TPSA) is 43.7 Å². The van der Waals surface area contributed by atoms with Crippen molar-refractivity contribution in [2.45, 2.75) is 32.2 Å². The van der Waals surface area contributed by atoms with Gasteiger partial charge < -0.3 is 10.2 Å². The molecule has 0 unspecified atom stereocenters. The molecule has 1 aliphatic heterocycles. The van der Waals surface area contributed by atoms with E-state index in [4.69, 9.17) is 5.11 Å². The molecule has 6 heteroatoms. The Hall–Kier alpha value is -0.330. The molecule has 1 saturated heterocycles. The van der Waals surface area contributed by atoms with Crippen molar-refractivity contribution in [2.24, 2.45) is 5.41 Å². The summed E-state index contributed by atoms with van der Waals surface area (Å²) in [6.45, 7) is 3.65. The summed E-state index contributed by atoms with van der Waals surface area (Å²) < 4.78 is 36.2. The van der Waals surface area contributed by atoms with Crippen LogP contribution in [0.4, 0.5) is 13.2 Å². The van der Waals surface area contributed by atoms with Crippen molar-refractivity contribution in [3.63, 3.8) is 0 Å². The summed E-state index contributed by atoms with van der Waals surface area (Å²) in [4.78, 5) is 1.43. The highest BCUT2D eigenvalue weighted by Crippen LogP contribution is 2.30. The summed E-state index contributed by atoms with van der Waals surface area (Å²) in [6, 6.07) is 0. The fourth-order valence-electron chi connectivity index (χ4n) is 1.73. The second kappa shape index (κ2) is 3.92. The first kappa shape index (κ1) is 12.7. The monoisotopic (exact) mass is 227 g/mol. The van der Waals surface area contributed by atoms with Gasteiger partial charge in [0.25, 0.3) is 0 Å². The van der Waals surface area contributed by atoms with Crippen molar-refractivity contribution in [2.75, 3.05) is 19.6 Å². The van der Waals surface area contributed by atoms with E-state index in [0.717, 1.165) is 0 Å². The zero-order valence-electron chi connectivity index (χ0n) is 8.75. The van der Waals surface area contributed by atoms with E-state index in [1.54, 1.807) is 13.8 Å². The minimum absolute atomic E-state index is 0.181. The quantitative estimate of drug-likeness (QED) is 0.726. The number of β-amino-alcohol motifs (C(OH)–C–C–N with tert-alkyl or cyclic N) is 2. The SMILES string of the molecule is CC1(C)CN(C[C@H](O)C(F)(F)F)C[C@@H]1O. The van der Waals surface area contributed by atoms with Crippen LogP contribution in [0.25, 0.3) is 0 Å². The minimum atomic E-state index is -4.59. The number of hydrogen-bond acceptors (Lipinski definition) is 3. The molecule has 0 aromatic heterocycles. The Labute approximate surface area is 86.5 Å². The van der Waals surface area contributed by atoms with Gasteiger partial charge in [-0.25, -0.2) is 0 Å². The van der Waals surface area contributed by atoms with Gasteiger partial charge in [0.1, 0.15) is 0 Å². The fourth-order valence-corrected chi connectivity index (χ4v) is 1.73. The highest BCUT2D eigenvalue weighted by atomic mass is 19.4. The van der Waals surface area contributed by atoms with Crippen molar-refractivity contribution in [3.8, 4) is 0 Å². The summed E-state index contributed by atoms with van der Waals surface area (Å²) >= 11 is 0. The van der Waals surface area contributed by atoms with Gasteiger partial charge >= 0.3 is 6.18 Å². The number of halogens is 3. The van der Waals surface area contributed by atoms with E-state index in [2.05, 4.69) is 0 Å². The molecule has 0 bridgehead atoms. The van der Waals surface area contributed by atoms with E-state index in [-0.39, 0.29) is 6.54 Å². The van der Waals surface area contributed by atoms with Crippen LogP contribution < -0.4 is 0 Å². The number of aliphatic hydroxyl groups excluding tert-OH is 2. The maximum Gasteiger partial charge on any atom is 0.415 e. The van der Waals surface area contributed by atoms with Gasteiger partial charge in [-0.05, 0) is 0 Å². The Morgan fingerprint density at radius 1 is 1.47 bits per heavy atom. The predicted molar refractivity (Wildman–Crippen MR) is 48.3 cm³/mol. The van der Waals surface area contributed by atoms with E-state index in [1.807, 2.05) is 0 Å². The minimum Gasteiger partial charge on any atom is -0.391 e. The first-order valence-electron chi connectivity index (χ1n) is 4.78. The number of rotatable bonds is 2. The van der Waals surface area contributed by atoms with Crippen molar-refractivity contribution in [3.05, 3.63) is 0 Å². The van der Waals surface area contributed by atoms with Crippen LogP contribution in [0.15, 0.2) is 0 Å². The van der Waals surface area contributed by atoms with Gasteiger partial charge in [-0.2, -0.15) is 13.2 Å². The molecule has 0 aromatic rings. The van der Waals surface area contributed by atoms with Crippen LogP contribution in [-0.2, 0) is 0 Å². The largest absolute Gasteiger partial charge is 0.415 e. The second-order valence-corrected chi connectivity index (χ2v) is 4.76. The van der Waals surface area contributed by atoms with E-state index in [0.29, 0.717) is 6.54 Å². The number of nitrogens with zero attached hydrogens (tertiary/aromatic N) is 1. The van der Waals surface area contributed by atoms with Crippen LogP contribution in [0, 0.1) is 5.41 Å². The second-order valence-electron chi connectivity index (χ2n) is 4.76. The lowest BCUT2D eigenvalue weighted by molar-refractivity contribution is -0.207. The van der Waals surface area contributed by atoms with Crippen LogP contribution in [0.3, 0.4) is 0 Å². The standard InChI is InChI=1S/C9H16F3NO2/c1-8(2)5-13(3-6(8)14)4-7(15)9(10,11)12/h6-7,14-15H,3-5H2,1-2H3/t6-,7-/m0/s1. The molecule has 1 aliphatic rings. The average molecular weight is 227 g/mol. The zero-order valence-corrected chi connectivity index (χ0v) is 8.75. The van der Waals surface area contributed by atoms with Crippen LogP contribution in [0.5, 0.6) is 0 Å². The van der Waals surface area contributed by atoms with Gasteiger partial charge in [-0.3, -0.25) is 4.90 Å². The first-order chi connectivity index (χ1) is 6.63. The van der Waals surface area contributed by atoms with Gasteiger partial charge in [0.05, 0.1) is 6.10 Å². The number of hydrogen-bond donors (Lipinski definition) is 2. The molecule has 0 radical (unpaired) electrons. The third-order valence-electron chi connectivity index (χ3n) is 2.77. The van der Waals surface area contributed by atoms with E-state index < -0.39 is 30.3 Å². The average Bonchev–Trinajstić information content (AvgIpc) is 2.23. The Morgan fingerprint density at radius 3 is 2.33 bits per heavy atom. The van der Waals surface area contributed by atoms with Crippen molar-refractivity contribution in [1.82, 2.24) is 4.90 Å². The van der Waals surface area contributed by atoms with Crippen molar-refractivity contribution >= 4 is 0 Å². The van der Waals surface area contributed by atoms with Crippen LogP contribution in [0.2, 0.25) is 0 Å². The van der Waals surface area contributed by atoms with Gasteiger partial charge in [-0.15, -0.1) is 0 Å². The van der Waals surface area contributed by atoms with Crippen molar-refractivity contribution in [1.29, 1.82) is 0 Å². The van der Waals surface area contributed by atoms with E-state index in [9.17, 15) is 18.3 Å². The molecule has 1 heterocycles. The molecule has 0 aromatic carbocycles. The van der Waals surface area contributed by atoms with Crippen LogP contribution >= 0.6 is 0 Å². The maximum absolute atomic E-state index is 12.1. The van der Waals surface area contributed by atoms with E-state index >= 15 is 0 Å². The summed E-state index contributed by atoms with van der Waals surface area (Å²) in [5.41, 5.74) is -0.411. The number of aliphatic hydroxyl groups is 2. The highest BCUT2D eigenvalue weighted by Gasteiger charge is 2.43. The molecule has 0 amide bonds. The molecule has 0 spiro atoms. The molecule has 0 aliphatic carbocycles. The van der Waals surface area contributed by atoms with Crippen LogP contribution in [-0.4, -0.2) is 53.1 Å². The lowest BCUT2D eigenvalue weighted by atomic mass is 9.90. The molecule has 90 valence electrons. The summed E-state index contributed by atoms with van der Waals surface area (Å²) in [5, 5.41) is 18.4. The molecule has 0 saturated carbocycles. The van der Waals surface area contributed by atoms with Gasteiger partial charge in [0, 0.05) is 25.0 Å². The molecular formula is C9H16F3NO2. The first-order valence-corrected chi connectivity index (χ1v) is 4.78. The summed E-state index contributed by atoms with van der Waals surface area (Å²) in [5.74, 6) is 0. The van der Waals surface area contributed by atoms with Crippen LogP contribution in [0.1, 0.15) is 13.8 Å². The molecule has 3 nitrogen and oxygen atoms in total. The number of likely N-dealkylation sites (tertiary alicyclic amines) is 1.